The first-order chi connectivity index (χ1) is 4.34. The van der Waals surface area contributed by atoms with Crippen LogP contribution in [0.3, 0.4) is 0 Å². The number of fused-ring (bicyclic) bond motifs is 1. The van der Waals surface area contributed by atoms with E-state index in [9.17, 15) is 9.59 Å². The molecule has 3 atom stereocenters. The van der Waals surface area contributed by atoms with Gasteiger partial charge in [-0.15, -0.1) is 0 Å². The molecule has 1 saturated heterocycles. The first kappa shape index (κ1) is 4.97. The van der Waals surface area contributed by atoms with E-state index in [2.05, 4.69) is 4.74 Å². The summed E-state index contributed by atoms with van der Waals surface area (Å²) in [5, 5.41) is 0. The third-order valence-corrected chi connectivity index (χ3v) is 2.08. The van der Waals surface area contributed by atoms with E-state index in [1.807, 2.05) is 0 Å². The lowest BCUT2D eigenvalue weighted by Crippen LogP contribution is -2.05. The lowest BCUT2D eigenvalue weighted by atomic mass is 10.3. The average molecular weight is 126 g/mol. The van der Waals surface area contributed by atoms with Crippen LogP contribution < -0.4 is 0 Å². The zero-order valence-electron chi connectivity index (χ0n) is 4.74. The zero-order valence-corrected chi connectivity index (χ0v) is 4.74. The van der Waals surface area contributed by atoms with Crippen LogP contribution in [-0.2, 0) is 14.3 Å². The van der Waals surface area contributed by atoms with Crippen LogP contribution in [0.25, 0.3) is 0 Å². The van der Waals surface area contributed by atoms with Gasteiger partial charge in [-0.2, -0.15) is 0 Å². The van der Waals surface area contributed by atoms with E-state index < -0.39 is 0 Å². The quantitative estimate of drug-likeness (QED) is 0.355. The Balaban J connectivity index is 2.14. The van der Waals surface area contributed by atoms with Crippen molar-refractivity contribution < 1.29 is 14.3 Å². The summed E-state index contributed by atoms with van der Waals surface area (Å²) < 4.78 is 4.65. The molecule has 0 aromatic rings. The Morgan fingerprint density at radius 3 is 2.78 bits per heavy atom. The van der Waals surface area contributed by atoms with E-state index in [0.29, 0.717) is 6.61 Å². The number of carbonyl (C=O) groups excluding carboxylic acids is 2. The molecule has 1 saturated carbocycles. The number of hydrogen-bond acceptors (Lipinski definition) is 3. The molecule has 2 rings (SSSR count). The molecule has 3 nitrogen and oxygen atoms in total. The third kappa shape index (κ3) is 0.465. The smallest absolute Gasteiger partial charge is 0.310 e. The highest BCUT2D eigenvalue weighted by atomic mass is 16.5. The van der Waals surface area contributed by atoms with Gasteiger partial charge in [-0.25, -0.2) is 0 Å². The Labute approximate surface area is 52.0 Å². The molecule has 0 N–H and O–H groups in total. The molecular formula is C6H6O3. The summed E-state index contributed by atoms with van der Waals surface area (Å²) >= 11 is 0. The molecule has 0 amide bonds. The highest BCUT2D eigenvalue weighted by Crippen LogP contribution is 2.49. The normalized spacial score (nSPS) is 45.8. The van der Waals surface area contributed by atoms with Crippen LogP contribution in [0.2, 0.25) is 0 Å². The summed E-state index contributed by atoms with van der Waals surface area (Å²) in [5.74, 6) is -0.0270. The van der Waals surface area contributed by atoms with Crippen LogP contribution >= 0.6 is 0 Å². The average Bonchev–Trinajstić information content (AvgIpc) is 2.46. The first-order valence-electron chi connectivity index (χ1n) is 2.96. The summed E-state index contributed by atoms with van der Waals surface area (Å²) in [6.45, 7) is 0.465. The van der Waals surface area contributed by atoms with Gasteiger partial charge in [0, 0.05) is 11.8 Å². The zero-order chi connectivity index (χ0) is 6.43. The van der Waals surface area contributed by atoms with Crippen LogP contribution in [0, 0.1) is 17.8 Å². The molecule has 0 unspecified atom stereocenters. The number of rotatable bonds is 1. The number of hydrogen-bond donors (Lipinski definition) is 0. The van der Waals surface area contributed by atoms with Crippen molar-refractivity contribution >= 4 is 12.3 Å². The van der Waals surface area contributed by atoms with Crippen LogP contribution in [0.15, 0.2) is 0 Å². The van der Waals surface area contributed by atoms with Crippen LogP contribution in [0.4, 0.5) is 0 Å². The van der Waals surface area contributed by atoms with E-state index in [1.165, 1.54) is 0 Å². The van der Waals surface area contributed by atoms with Crippen LogP contribution in [0.1, 0.15) is 0 Å². The van der Waals surface area contributed by atoms with Crippen molar-refractivity contribution in [3.8, 4) is 0 Å². The maximum atomic E-state index is 10.6. The summed E-state index contributed by atoms with van der Waals surface area (Å²) in [5.41, 5.74) is 0. The largest absolute Gasteiger partial charge is 0.465 e. The fourth-order valence-corrected chi connectivity index (χ4v) is 1.41. The number of esters is 1. The Kier molecular flexibility index (Phi) is 0.743. The predicted molar refractivity (Wildman–Crippen MR) is 27.5 cm³/mol. The predicted octanol–water partition coefficient (Wildman–Crippen LogP) is -0.396. The molecule has 48 valence electrons. The molecule has 2 aliphatic rings. The van der Waals surface area contributed by atoms with Crippen molar-refractivity contribution in [1.82, 2.24) is 0 Å². The van der Waals surface area contributed by atoms with Gasteiger partial charge in [0.1, 0.15) is 6.29 Å². The standard InChI is InChI=1S/C6H6O3/c7-1-3-4-2-9-6(8)5(3)4/h1,3-5H,2H2/t3-,4-,5+/m1/s1. The van der Waals surface area contributed by atoms with E-state index in [-0.39, 0.29) is 23.7 Å². The van der Waals surface area contributed by atoms with E-state index in [1.54, 1.807) is 0 Å². The summed E-state index contributed by atoms with van der Waals surface area (Å²) in [6, 6.07) is 0. The van der Waals surface area contributed by atoms with Gasteiger partial charge in [0.25, 0.3) is 0 Å². The first-order valence-corrected chi connectivity index (χ1v) is 2.96. The number of ether oxygens (including phenoxy) is 1. The Morgan fingerprint density at radius 2 is 2.44 bits per heavy atom. The number of cyclic esters (lactones) is 1. The molecule has 2 fully saturated rings. The molecule has 0 aromatic carbocycles. The van der Waals surface area contributed by atoms with Crippen molar-refractivity contribution in [2.24, 2.45) is 17.8 Å². The van der Waals surface area contributed by atoms with E-state index in [0.717, 1.165) is 6.29 Å². The van der Waals surface area contributed by atoms with E-state index in [4.69, 9.17) is 0 Å². The second-order valence-corrected chi connectivity index (χ2v) is 2.53. The highest BCUT2D eigenvalue weighted by molar-refractivity contribution is 5.85. The minimum absolute atomic E-state index is 0.00810. The molecule has 9 heavy (non-hydrogen) atoms. The summed E-state index contributed by atoms with van der Waals surface area (Å²) in [4.78, 5) is 20.7. The van der Waals surface area contributed by atoms with Crippen molar-refractivity contribution in [3.63, 3.8) is 0 Å². The van der Waals surface area contributed by atoms with Gasteiger partial charge in [0.05, 0.1) is 12.5 Å². The van der Waals surface area contributed by atoms with Gasteiger partial charge in [0.15, 0.2) is 0 Å². The van der Waals surface area contributed by atoms with Gasteiger partial charge in [-0.3, -0.25) is 4.79 Å². The fraction of sp³-hybridized carbons (Fsp3) is 0.667. The topological polar surface area (TPSA) is 43.4 Å². The van der Waals surface area contributed by atoms with Gasteiger partial charge < -0.3 is 9.53 Å². The maximum Gasteiger partial charge on any atom is 0.310 e. The lowest BCUT2D eigenvalue weighted by molar-refractivity contribution is -0.142. The second kappa shape index (κ2) is 1.35. The molecule has 0 spiro atoms. The minimum Gasteiger partial charge on any atom is -0.465 e. The Bertz CT molecular complexity index is 175. The fourth-order valence-electron chi connectivity index (χ4n) is 1.41. The van der Waals surface area contributed by atoms with Crippen LogP contribution in [0.5, 0.6) is 0 Å². The molecule has 0 aromatic heterocycles. The maximum absolute atomic E-state index is 10.6. The third-order valence-electron chi connectivity index (χ3n) is 2.08. The van der Waals surface area contributed by atoms with Crippen molar-refractivity contribution in [2.45, 2.75) is 0 Å². The summed E-state index contributed by atoms with van der Waals surface area (Å²) in [7, 11) is 0. The molecule has 1 aliphatic carbocycles. The van der Waals surface area contributed by atoms with Gasteiger partial charge in [0.2, 0.25) is 0 Å². The lowest BCUT2D eigenvalue weighted by Gasteiger charge is -1.94. The Hall–Kier alpha value is -0.860. The number of aldehydes is 1. The monoisotopic (exact) mass is 126 g/mol. The van der Waals surface area contributed by atoms with Gasteiger partial charge >= 0.3 is 5.97 Å². The molecule has 3 heteroatoms. The molecular weight excluding hydrogens is 120 g/mol. The summed E-state index contributed by atoms with van der Waals surface area (Å²) in [6.07, 6.45) is 0.857. The van der Waals surface area contributed by atoms with Gasteiger partial charge in [-0.05, 0) is 0 Å². The molecule has 1 aliphatic heterocycles. The molecule has 0 bridgehead atoms. The van der Waals surface area contributed by atoms with Crippen molar-refractivity contribution in [1.29, 1.82) is 0 Å². The van der Waals surface area contributed by atoms with Gasteiger partial charge in [-0.1, -0.05) is 0 Å². The van der Waals surface area contributed by atoms with Crippen LogP contribution in [-0.4, -0.2) is 18.9 Å². The SMILES string of the molecule is O=C[C@@H]1[C@H]2COC(=O)[C@@H]12. The highest BCUT2D eigenvalue weighted by Gasteiger charge is 2.60. The number of carbonyl (C=O) groups is 2. The minimum atomic E-state index is -0.183. The molecule has 1 heterocycles. The van der Waals surface area contributed by atoms with Crippen molar-refractivity contribution in [3.05, 3.63) is 0 Å². The second-order valence-electron chi connectivity index (χ2n) is 2.53. The molecule has 0 radical (unpaired) electrons. The Morgan fingerprint density at radius 1 is 1.67 bits per heavy atom. The van der Waals surface area contributed by atoms with E-state index >= 15 is 0 Å². The van der Waals surface area contributed by atoms with Crippen molar-refractivity contribution in [2.75, 3.05) is 6.61 Å².